The normalized spacial score (nSPS) is 11.9. The molecule has 0 aliphatic carbocycles. The largest absolute Gasteiger partial charge is 0.496 e. The minimum absolute atomic E-state index is 0.0988. The fourth-order valence-electron chi connectivity index (χ4n) is 2.68. The van der Waals surface area contributed by atoms with E-state index in [1.807, 2.05) is 36.4 Å². The van der Waals surface area contributed by atoms with Crippen molar-refractivity contribution in [2.45, 2.75) is 12.3 Å². The van der Waals surface area contributed by atoms with Crippen LogP contribution in [0.4, 0.5) is 0 Å². The van der Waals surface area contributed by atoms with Gasteiger partial charge in [0.15, 0.2) is 11.5 Å². The van der Waals surface area contributed by atoms with Crippen LogP contribution in [-0.2, 0) is 6.42 Å². The van der Waals surface area contributed by atoms with E-state index in [0.29, 0.717) is 29.5 Å². The van der Waals surface area contributed by atoms with Crippen LogP contribution in [0.5, 0.6) is 17.2 Å². The average molecular weight is 336 g/mol. The predicted molar refractivity (Wildman–Crippen MR) is 93.0 cm³/mol. The average Bonchev–Trinajstić information content (AvgIpc) is 2.60. The van der Waals surface area contributed by atoms with E-state index in [2.05, 4.69) is 0 Å². The summed E-state index contributed by atoms with van der Waals surface area (Å²) in [5.41, 5.74) is 8.03. The Morgan fingerprint density at radius 3 is 2.26 bits per heavy atom. The minimum atomic E-state index is 0.0988. The third kappa shape index (κ3) is 3.71. The molecule has 0 aromatic heterocycles. The Labute approximate surface area is 142 Å². The van der Waals surface area contributed by atoms with Crippen molar-refractivity contribution in [3.63, 3.8) is 0 Å². The van der Waals surface area contributed by atoms with Crippen molar-refractivity contribution in [2.24, 2.45) is 5.73 Å². The molecule has 1 unspecified atom stereocenters. The first-order valence-corrected chi connectivity index (χ1v) is 7.76. The lowest BCUT2D eigenvalue weighted by Crippen LogP contribution is -2.16. The van der Waals surface area contributed by atoms with Gasteiger partial charge in [-0.1, -0.05) is 35.9 Å². The fourth-order valence-corrected chi connectivity index (χ4v) is 2.99. The first kappa shape index (κ1) is 17.4. The Kier molecular flexibility index (Phi) is 6.13. The highest BCUT2D eigenvalue weighted by Crippen LogP contribution is 2.39. The van der Waals surface area contributed by atoms with E-state index in [-0.39, 0.29) is 5.92 Å². The topological polar surface area (TPSA) is 53.7 Å². The van der Waals surface area contributed by atoms with Crippen LogP contribution in [0.2, 0.25) is 5.02 Å². The van der Waals surface area contributed by atoms with Crippen LogP contribution in [0.15, 0.2) is 36.4 Å². The van der Waals surface area contributed by atoms with Crippen LogP contribution in [0.3, 0.4) is 0 Å². The van der Waals surface area contributed by atoms with Gasteiger partial charge in [-0.15, -0.1) is 0 Å². The van der Waals surface area contributed by atoms with Crippen LogP contribution in [0.1, 0.15) is 17.0 Å². The van der Waals surface area contributed by atoms with Crippen molar-refractivity contribution < 1.29 is 14.2 Å². The maximum atomic E-state index is 6.48. The summed E-state index contributed by atoms with van der Waals surface area (Å²) in [5.74, 6) is 2.09. The molecule has 0 heterocycles. The zero-order chi connectivity index (χ0) is 16.8. The van der Waals surface area contributed by atoms with Crippen molar-refractivity contribution in [3.8, 4) is 17.2 Å². The van der Waals surface area contributed by atoms with Gasteiger partial charge in [0, 0.05) is 5.92 Å². The van der Waals surface area contributed by atoms with Gasteiger partial charge in [0.1, 0.15) is 5.75 Å². The molecule has 2 aromatic rings. The summed E-state index contributed by atoms with van der Waals surface area (Å²) in [5, 5.41) is 0.556. The van der Waals surface area contributed by atoms with E-state index in [0.717, 1.165) is 16.9 Å². The maximum absolute atomic E-state index is 6.48. The van der Waals surface area contributed by atoms with E-state index in [1.165, 1.54) is 0 Å². The Bertz CT molecular complexity index is 661. The van der Waals surface area contributed by atoms with Gasteiger partial charge in [0.25, 0.3) is 0 Å². The SMILES string of the molecule is COc1ccccc1C(CN)Cc1ccc(OC)c(OC)c1Cl. The molecule has 2 N–H and O–H groups in total. The summed E-state index contributed by atoms with van der Waals surface area (Å²) >= 11 is 6.48. The highest BCUT2D eigenvalue weighted by Gasteiger charge is 2.19. The van der Waals surface area contributed by atoms with Gasteiger partial charge in [0.2, 0.25) is 0 Å². The van der Waals surface area contributed by atoms with Crippen molar-refractivity contribution in [1.82, 2.24) is 0 Å². The van der Waals surface area contributed by atoms with Crippen molar-refractivity contribution in [3.05, 3.63) is 52.5 Å². The molecule has 2 rings (SSSR count). The predicted octanol–water partition coefficient (Wildman–Crippen LogP) is 3.65. The molecule has 0 radical (unpaired) electrons. The molecule has 0 spiro atoms. The van der Waals surface area contributed by atoms with E-state index in [4.69, 9.17) is 31.5 Å². The van der Waals surface area contributed by atoms with Gasteiger partial charge >= 0.3 is 0 Å². The lowest BCUT2D eigenvalue weighted by molar-refractivity contribution is 0.354. The zero-order valence-electron chi connectivity index (χ0n) is 13.6. The van der Waals surface area contributed by atoms with Crippen LogP contribution in [-0.4, -0.2) is 27.9 Å². The highest BCUT2D eigenvalue weighted by molar-refractivity contribution is 6.33. The molecule has 5 heteroatoms. The second-order valence-electron chi connectivity index (χ2n) is 5.15. The van der Waals surface area contributed by atoms with Gasteiger partial charge in [-0.3, -0.25) is 0 Å². The van der Waals surface area contributed by atoms with Crippen molar-refractivity contribution in [2.75, 3.05) is 27.9 Å². The summed E-state index contributed by atoms with van der Waals surface area (Å²) in [4.78, 5) is 0. The van der Waals surface area contributed by atoms with E-state index in [1.54, 1.807) is 21.3 Å². The van der Waals surface area contributed by atoms with Gasteiger partial charge in [-0.2, -0.15) is 0 Å². The first-order chi connectivity index (χ1) is 11.2. The molecular weight excluding hydrogens is 314 g/mol. The lowest BCUT2D eigenvalue weighted by Gasteiger charge is -2.20. The molecule has 0 aliphatic heterocycles. The van der Waals surface area contributed by atoms with Gasteiger partial charge in [-0.05, 0) is 36.2 Å². The molecule has 2 aromatic carbocycles. The number of para-hydroxylation sites is 1. The van der Waals surface area contributed by atoms with Crippen LogP contribution >= 0.6 is 11.6 Å². The second-order valence-corrected chi connectivity index (χ2v) is 5.53. The van der Waals surface area contributed by atoms with E-state index in [9.17, 15) is 0 Å². The smallest absolute Gasteiger partial charge is 0.179 e. The Balaban J connectivity index is 2.36. The van der Waals surface area contributed by atoms with Crippen LogP contribution < -0.4 is 19.9 Å². The van der Waals surface area contributed by atoms with Crippen molar-refractivity contribution in [1.29, 1.82) is 0 Å². The van der Waals surface area contributed by atoms with Gasteiger partial charge < -0.3 is 19.9 Å². The number of halogens is 1. The number of hydrogen-bond acceptors (Lipinski definition) is 4. The third-order valence-corrected chi connectivity index (χ3v) is 4.31. The van der Waals surface area contributed by atoms with Gasteiger partial charge in [0.05, 0.1) is 26.4 Å². The molecule has 4 nitrogen and oxygen atoms in total. The second kappa shape index (κ2) is 8.09. The molecule has 0 saturated carbocycles. The zero-order valence-corrected chi connectivity index (χ0v) is 14.4. The fraction of sp³-hybridized carbons (Fsp3) is 0.333. The quantitative estimate of drug-likeness (QED) is 0.839. The Morgan fingerprint density at radius 1 is 0.957 bits per heavy atom. The molecule has 0 saturated heterocycles. The Hall–Kier alpha value is -1.91. The summed E-state index contributed by atoms with van der Waals surface area (Å²) in [6.45, 7) is 0.491. The maximum Gasteiger partial charge on any atom is 0.179 e. The monoisotopic (exact) mass is 335 g/mol. The van der Waals surface area contributed by atoms with Crippen molar-refractivity contribution >= 4 is 11.6 Å². The number of nitrogens with two attached hydrogens (primary N) is 1. The first-order valence-electron chi connectivity index (χ1n) is 7.38. The van der Waals surface area contributed by atoms with E-state index < -0.39 is 0 Å². The highest BCUT2D eigenvalue weighted by atomic mass is 35.5. The van der Waals surface area contributed by atoms with Crippen LogP contribution in [0.25, 0.3) is 0 Å². The van der Waals surface area contributed by atoms with Crippen LogP contribution in [0, 0.1) is 0 Å². The summed E-state index contributed by atoms with van der Waals surface area (Å²) in [6, 6.07) is 11.7. The molecule has 23 heavy (non-hydrogen) atoms. The van der Waals surface area contributed by atoms with E-state index >= 15 is 0 Å². The number of ether oxygens (including phenoxy) is 3. The number of hydrogen-bond donors (Lipinski definition) is 1. The summed E-state index contributed by atoms with van der Waals surface area (Å²) in [7, 11) is 4.83. The molecule has 0 aliphatic rings. The molecule has 1 atom stereocenters. The number of rotatable bonds is 7. The summed E-state index contributed by atoms with van der Waals surface area (Å²) in [6.07, 6.45) is 0.691. The standard InChI is InChI=1S/C18H22ClNO3/c1-21-15-7-5-4-6-14(15)13(11-20)10-12-8-9-16(22-2)18(23-3)17(12)19/h4-9,13H,10-11,20H2,1-3H3. The number of methoxy groups -OCH3 is 3. The minimum Gasteiger partial charge on any atom is -0.496 e. The third-order valence-electron chi connectivity index (χ3n) is 3.89. The molecule has 0 amide bonds. The molecule has 0 bridgehead atoms. The van der Waals surface area contributed by atoms with Gasteiger partial charge in [-0.25, -0.2) is 0 Å². The number of benzene rings is 2. The summed E-state index contributed by atoms with van der Waals surface area (Å²) < 4.78 is 16.1. The lowest BCUT2D eigenvalue weighted by atomic mass is 9.91. The molecule has 124 valence electrons. The Morgan fingerprint density at radius 2 is 1.65 bits per heavy atom. The molecular formula is C18H22ClNO3. The molecule has 0 fully saturated rings.